The van der Waals surface area contributed by atoms with Crippen LogP contribution < -0.4 is 10.2 Å². The first kappa shape index (κ1) is 15.6. The molecule has 114 valence electrons. The summed E-state index contributed by atoms with van der Waals surface area (Å²) < 4.78 is 2.13. The molecule has 1 unspecified atom stereocenters. The smallest absolute Gasteiger partial charge is 0.204 e. The lowest BCUT2D eigenvalue weighted by molar-refractivity contribution is 0.581. The highest BCUT2D eigenvalue weighted by Crippen LogP contribution is 2.17. The molecule has 0 fully saturated rings. The van der Waals surface area contributed by atoms with Crippen LogP contribution in [-0.2, 0) is 13.6 Å². The van der Waals surface area contributed by atoms with Crippen LogP contribution in [-0.4, -0.2) is 30.2 Å². The van der Waals surface area contributed by atoms with Crippen LogP contribution in [0, 0.1) is 0 Å². The van der Waals surface area contributed by atoms with Gasteiger partial charge in [-0.05, 0) is 24.4 Å². The van der Waals surface area contributed by atoms with E-state index in [0.717, 1.165) is 25.5 Å². The Morgan fingerprint density at radius 1 is 1.24 bits per heavy atom. The molecule has 2 aromatic rings. The van der Waals surface area contributed by atoms with Gasteiger partial charge in [-0.25, -0.2) is 4.98 Å². The molecule has 0 bridgehead atoms. The Morgan fingerprint density at radius 3 is 2.57 bits per heavy atom. The van der Waals surface area contributed by atoms with Gasteiger partial charge in [-0.15, -0.1) is 0 Å². The monoisotopic (exact) mass is 286 g/mol. The maximum Gasteiger partial charge on any atom is 0.204 e. The molecular weight excluding hydrogens is 260 g/mol. The SMILES string of the molecule is CC(CCNCc1cnc(N(C)C)n1C)c1ccccc1. The second-order valence-electron chi connectivity index (χ2n) is 5.78. The first-order valence-corrected chi connectivity index (χ1v) is 7.53. The molecule has 1 aromatic carbocycles. The quantitative estimate of drug-likeness (QED) is 0.795. The summed E-state index contributed by atoms with van der Waals surface area (Å²) in [6, 6.07) is 10.7. The normalized spacial score (nSPS) is 12.4. The Balaban J connectivity index is 1.77. The van der Waals surface area contributed by atoms with Gasteiger partial charge in [0.05, 0.1) is 11.9 Å². The van der Waals surface area contributed by atoms with Crippen LogP contribution in [0.25, 0.3) is 0 Å². The summed E-state index contributed by atoms with van der Waals surface area (Å²) in [5.74, 6) is 1.58. The molecule has 0 saturated carbocycles. The zero-order valence-electron chi connectivity index (χ0n) is 13.5. The van der Waals surface area contributed by atoms with Crippen molar-refractivity contribution < 1.29 is 0 Å². The van der Waals surface area contributed by atoms with Crippen LogP contribution in [0.15, 0.2) is 36.5 Å². The van der Waals surface area contributed by atoms with E-state index in [-0.39, 0.29) is 0 Å². The zero-order valence-corrected chi connectivity index (χ0v) is 13.5. The third kappa shape index (κ3) is 4.08. The van der Waals surface area contributed by atoms with Crippen molar-refractivity contribution in [3.63, 3.8) is 0 Å². The van der Waals surface area contributed by atoms with Crippen molar-refractivity contribution in [2.24, 2.45) is 7.05 Å². The van der Waals surface area contributed by atoms with Gasteiger partial charge in [0.15, 0.2) is 0 Å². The van der Waals surface area contributed by atoms with Crippen LogP contribution in [0.5, 0.6) is 0 Å². The number of aromatic nitrogens is 2. The predicted molar refractivity (Wildman–Crippen MR) is 88.7 cm³/mol. The van der Waals surface area contributed by atoms with Crippen molar-refractivity contribution in [2.75, 3.05) is 25.5 Å². The molecular formula is C17H26N4. The van der Waals surface area contributed by atoms with E-state index in [1.807, 2.05) is 25.2 Å². The minimum atomic E-state index is 0.586. The van der Waals surface area contributed by atoms with E-state index < -0.39 is 0 Å². The first-order valence-electron chi connectivity index (χ1n) is 7.53. The summed E-state index contributed by atoms with van der Waals surface area (Å²) >= 11 is 0. The molecule has 0 saturated heterocycles. The molecule has 0 aliphatic heterocycles. The van der Waals surface area contributed by atoms with Crippen molar-refractivity contribution in [3.8, 4) is 0 Å². The van der Waals surface area contributed by atoms with Gasteiger partial charge < -0.3 is 14.8 Å². The van der Waals surface area contributed by atoms with Gasteiger partial charge in [-0.3, -0.25) is 0 Å². The standard InChI is InChI=1S/C17H26N4/c1-14(15-8-6-5-7-9-15)10-11-18-12-16-13-19-17(20(2)3)21(16)4/h5-9,13-14,18H,10-12H2,1-4H3. The van der Waals surface area contributed by atoms with Crippen LogP contribution in [0.3, 0.4) is 0 Å². The number of nitrogens with zero attached hydrogens (tertiary/aromatic N) is 3. The summed E-state index contributed by atoms with van der Waals surface area (Å²) in [6.45, 7) is 4.16. The molecule has 1 heterocycles. The average Bonchev–Trinajstić information content (AvgIpc) is 2.85. The number of hydrogen-bond donors (Lipinski definition) is 1. The molecule has 21 heavy (non-hydrogen) atoms. The Morgan fingerprint density at radius 2 is 1.95 bits per heavy atom. The summed E-state index contributed by atoms with van der Waals surface area (Å²) in [5, 5.41) is 3.52. The highest BCUT2D eigenvalue weighted by molar-refractivity contribution is 5.30. The minimum absolute atomic E-state index is 0.586. The van der Waals surface area contributed by atoms with E-state index in [1.54, 1.807) is 0 Å². The van der Waals surface area contributed by atoms with Gasteiger partial charge in [-0.1, -0.05) is 37.3 Å². The third-order valence-electron chi connectivity index (χ3n) is 3.89. The fraction of sp³-hybridized carbons (Fsp3) is 0.471. The Labute approximate surface area is 127 Å². The molecule has 0 aliphatic rings. The van der Waals surface area contributed by atoms with Gasteiger partial charge in [-0.2, -0.15) is 0 Å². The van der Waals surface area contributed by atoms with Crippen molar-refractivity contribution in [1.82, 2.24) is 14.9 Å². The Kier molecular flexibility index (Phi) is 5.39. The molecule has 0 aliphatic carbocycles. The van der Waals surface area contributed by atoms with E-state index in [9.17, 15) is 0 Å². The van der Waals surface area contributed by atoms with Gasteiger partial charge in [0.25, 0.3) is 0 Å². The topological polar surface area (TPSA) is 33.1 Å². The zero-order chi connectivity index (χ0) is 15.2. The average molecular weight is 286 g/mol. The second-order valence-corrected chi connectivity index (χ2v) is 5.78. The van der Waals surface area contributed by atoms with Crippen LogP contribution in [0.1, 0.15) is 30.5 Å². The van der Waals surface area contributed by atoms with Crippen LogP contribution >= 0.6 is 0 Å². The maximum absolute atomic E-state index is 4.43. The Bertz CT molecular complexity index is 545. The summed E-state index contributed by atoms with van der Waals surface area (Å²) in [6.07, 6.45) is 3.09. The minimum Gasteiger partial charge on any atom is -0.348 e. The lowest BCUT2D eigenvalue weighted by atomic mass is 9.98. The van der Waals surface area contributed by atoms with E-state index in [0.29, 0.717) is 5.92 Å². The molecule has 0 radical (unpaired) electrons. The first-order chi connectivity index (χ1) is 10.1. The van der Waals surface area contributed by atoms with E-state index in [1.165, 1.54) is 11.3 Å². The number of nitrogens with one attached hydrogen (secondary N) is 1. The molecule has 4 nitrogen and oxygen atoms in total. The highest BCUT2D eigenvalue weighted by atomic mass is 15.3. The number of anilines is 1. The molecule has 1 aromatic heterocycles. The van der Waals surface area contributed by atoms with Crippen molar-refractivity contribution in [1.29, 1.82) is 0 Å². The van der Waals surface area contributed by atoms with Crippen LogP contribution in [0.2, 0.25) is 0 Å². The predicted octanol–water partition coefficient (Wildman–Crippen LogP) is 2.77. The van der Waals surface area contributed by atoms with Crippen molar-refractivity contribution in [2.45, 2.75) is 25.8 Å². The molecule has 1 atom stereocenters. The molecule has 0 spiro atoms. The summed E-state index contributed by atoms with van der Waals surface area (Å²) in [7, 11) is 6.09. The molecule has 4 heteroatoms. The van der Waals surface area contributed by atoms with Gasteiger partial charge in [0.2, 0.25) is 5.95 Å². The van der Waals surface area contributed by atoms with Crippen LogP contribution in [0.4, 0.5) is 5.95 Å². The number of hydrogen-bond acceptors (Lipinski definition) is 3. The molecule has 1 N–H and O–H groups in total. The molecule has 2 rings (SSSR count). The van der Waals surface area contributed by atoms with Gasteiger partial charge in [0, 0.05) is 27.7 Å². The van der Waals surface area contributed by atoms with Gasteiger partial charge in [0.1, 0.15) is 0 Å². The van der Waals surface area contributed by atoms with E-state index in [2.05, 4.69) is 59.2 Å². The lowest BCUT2D eigenvalue weighted by Gasteiger charge is -2.14. The van der Waals surface area contributed by atoms with Crippen molar-refractivity contribution >= 4 is 5.95 Å². The number of benzene rings is 1. The fourth-order valence-corrected chi connectivity index (χ4v) is 2.50. The second kappa shape index (κ2) is 7.27. The number of imidazole rings is 1. The van der Waals surface area contributed by atoms with E-state index >= 15 is 0 Å². The maximum atomic E-state index is 4.43. The van der Waals surface area contributed by atoms with Crippen molar-refractivity contribution in [3.05, 3.63) is 47.8 Å². The fourth-order valence-electron chi connectivity index (χ4n) is 2.50. The Hall–Kier alpha value is -1.81. The summed E-state index contributed by atoms with van der Waals surface area (Å²) in [5.41, 5.74) is 2.63. The third-order valence-corrected chi connectivity index (χ3v) is 3.89. The molecule has 0 amide bonds. The lowest BCUT2D eigenvalue weighted by Crippen LogP contribution is -2.19. The van der Waals surface area contributed by atoms with Gasteiger partial charge >= 0.3 is 0 Å². The summed E-state index contributed by atoms with van der Waals surface area (Å²) in [4.78, 5) is 6.45. The largest absolute Gasteiger partial charge is 0.348 e. The van der Waals surface area contributed by atoms with E-state index in [4.69, 9.17) is 0 Å². The number of rotatable bonds is 7. The highest BCUT2D eigenvalue weighted by Gasteiger charge is 2.08.